The maximum absolute atomic E-state index is 12.6. The highest BCUT2D eigenvalue weighted by atomic mass is 35.5. The van der Waals surface area contributed by atoms with Gasteiger partial charge in [0.2, 0.25) is 0 Å². The molecule has 10 heavy (non-hydrogen) atoms. The van der Waals surface area contributed by atoms with Gasteiger partial charge in [0.1, 0.15) is 6.07 Å². The number of hydrogen-bond acceptors (Lipinski definition) is 2. The Balaban J connectivity index is 0.000000810. The Morgan fingerprint density at radius 3 is 2.40 bits per heavy atom. The van der Waals surface area contributed by atoms with Crippen LogP contribution in [0.15, 0.2) is 0 Å². The first-order chi connectivity index (χ1) is 4.19. The van der Waals surface area contributed by atoms with E-state index in [9.17, 15) is 8.87 Å². The number of halogens is 3. The molecule has 1 aliphatic heterocycles. The van der Waals surface area contributed by atoms with Gasteiger partial charge in [-0.1, -0.05) is 5.12 Å². The summed E-state index contributed by atoms with van der Waals surface area (Å²) in [6.45, 7) is 0.0318. The maximum atomic E-state index is 12.6. The number of nitriles is 1. The number of nitrogens with zero attached hydrogens (tertiary/aromatic N) is 2. The molecule has 1 rings (SSSR count). The third kappa shape index (κ3) is 1.36. The number of alkyl halides is 1. The number of rotatable bonds is 0. The lowest BCUT2D eigenvalue weighted by molar-refractivity contribution is -0.0918. The molecule has 0 aromatic rings. The summed E-state index contributed by atoms with van der Waals surface area (Å²) in [5.41, 5.74) is 0. The van der Waals surface area contributed by atoms with Crippen molar-refractivity contribution in [2.45, 2.75) is 18.6 Å². The quantitative estimate of drug-likeness (QED) is 0.406. The zero-order valence-electron chi connectivity index (χ0n) is 5.18. The molecule has 0 unspecified atom stereocenters. The van der Waals surface area contributed by atoms with E-state index in [4.69, 9.17) is 5.26 Å². The van der Waals surface area contributed by atoms with Gasteiger partial charge in [-0.2, -0.15) is 5.26 Å². The van der Waals surface area contributed by atoms with Crippen molar-refractivity contribution in [3.8, 4) is 6.07 Å². The summed E-state index contributed by atoms with van der Waals surface area (Å²) in [6.07, 6.45) is 0.403. The molecule has 58 valence electrons. The molecule has 0 bridgehead atoms. The van der Waals surface area contributed by atoms with Crippen LogP contribution < -0.4 is 0 Å². The first-order valence-corrected chi connectivity index (χ1v) is 2.73. The normalized spacial score (nSPS) is 32.9. The predicted molar refractivity (Wildman–Crippen MR) is 33.7 cm³/mol. The molecule has 2 nitrogen and oxygen atoms in total. The van der Waals surface area contributed by atoms with E-state index < -0.39 is 5.79 Å². The van der Waals surface area contributed by atoms with E-state index in [0.717, 1.165) is 0 Å². The molecule has 5 heteroatoms. The van der Waals surface area contributed by atoms with Gasteiger partial charge in [-0.3, -0.25) is 0 Å². The minimum absolute atomic E-state index is 0. The van der Waals surface area contributed by atoms with Crippen molar-refractivity contribution in [2.75, 3.05) is 6.54 Å². The van der Waals surface area contributed by atoms with Crippen LogP contribution >= 0.6 is 12.4 Å². The standard InChI is InChI=1S/C5H6F2N2.ClH/c6-5(4-8)2-1-3-9(5)7;/h1-3H2;1H/t5-;/m1./s1. The van der Waals surface area contributed by atoms with E-state index in [2.05, 4.69) is 0 Å². The first kappa shape index (κ1) is 9.60. The van der Waals surface area contributed by atoms with Gasteiger partial charge in [-0.15, -0.1) is 16.9 Å². The van der Waals surface area contributed by atoms with Gasteiger partial charge in [0.15, 0.2) is 0 Å². The van der Waals surface area contributed by atoms with E-state index in [-0.39, 0.29) is 30.5 Å². The van der Waals surface area contributed by atoms with Crippen molar-refractivity contribution in [3.05, 3.63) is 0 Å². The molecular formula is C5H7ClF2N2. The summed E-state index contributed by atoms with van der Waals surface area (Å²) in [4.78, 5) is 0. The zero-order chi connectivity index (χ0) is 6.91. The van der Waals surface area contributed by atoms with Crippen LogP contribution in [0.4, 0.5) is 8.87 Å². The van der Waals surface area contributed by atoms with Gasteiger partial charge < -0.3 is 0 Å². The molecule has 0 aliphatic carbocycles. The minimum atomic E-state index is -2.33. The fourth-order valence-electron chi connectivity index (χ4n) is 0.861. The highest BCUT2D eigenvalue weighted by molar-refractivity contribution is 5.85. The van der Waals surface area contributed by atoms with Crippen molar-refractivity contribution < 1.29 is 8.87 Å². The molecule has 1 heterocycles. The molecule has 1 fully saturated rings. The lowest BCUT2D eigenvalue weighted by atomic mass is 10.2. The van der Waals surface area contributed by atoms with E-state index in [1.165, 1.54) is 6.07 Å². The topological polar surface area (TPSA) is 27.0 Å². The molecular weight excluding hydrogens is 162 g/mol. The van der Waals surface area contributed by atoms with Crippen molar-refractivity contribution in [1.29, 1.82) is 5.26 Å². The maximum Gasteiger partial charge on any atom is 0.275 e. The largest absolute Gasteiger partial charge is 0.275 e. The van der Waals surface area contributed by atoms with Crippen LogP contribution in [0.2, 0.25) is 0 Å². The minimum Gasteiger partial charge on any atom is -0.207 e. The predicted octanol–water partition coefficient (Wildman–Crippen LogP) is 1.58. The highest BCUT2D eigenvalue weighted by Crippen LogP contribution is 2.29. The Labute approximate surface area is 63.8 Å². The Bertz CT molecular complexity index is 158. The molecule has 0 spiro atoms. The summed E-state index contributed by atoms with van der Waals surface area (Å²) in [5.74, 6) is -2.33. The molecule has 0 aromatic heterocycles. The number of hydrogen-bond donors (Lipinski definition) is 0. The van der Waals surface area contributed by atoms with Crippen molar-refractivity contribution in [2.24, 2.45) is 0 Å². The van der Waals surface area contributed by atoms with Gasteiger partial charge in [-0.05, 0) is 6.42 Å². The SMILES string of the molecule is Cl.N#C[C@@]1(F)CCCN1F. The van der Waals surface area contributed by atoms with E-state index >= 15 is 0 Å². The van der Waals surface area contributed by atoms with Crippen LogP contribution in [0, 0.1) is 11.3 Å². The van der Waals surface area contributed by atoms with Crippen molar-refractivity contribution in [3.63, 3.8) is 0 Å². The van der Waals surface area contributed by atoms with Gasteiger partial charge in [0, 0.05) is 13.0 Å². The first-order valence-electron chi connectivity index (χ1n) is 2.73. The van der Waals surface area contributed by atoms with Crippen LogP contribution in [0.5, 0.6) is 0 Å². The monoisotopic (exact) mass is 168 g/mol. The molecule has 0 saturated carbocycles. The van der Waals surface area contributed by atoms with Crippen LogP contribution in [0.1, 0.15) is 12.8 Å². The summed E-state index contributed by atoms with van der Waals surface area (Å²) in [7, 11) is 0. The van der Waals surface area contributed by atoms with Crippen LogP contribution in [-0.4, -0.2) is 17.5 Å². The summed E-state index contributed by atoms with van der Waals surface area (Å²) in [6, 6.07) is 1.27. The van der Waals surface area contributed by atoms with Crippen molar-refractivity contribution >= 4 is 12.4 Å². The molecule has 0 radical (unpaired) electrons. The van der Waals surface area contributed by atoms with Crippen LogP contribution in [0.25, 0.3) is 0 Å². The molecule has 0 N–H and O–H groups in total. The van der Waals surface area contributed by atoms with Gasteiger partial charge in [-0.25, -0.2) is 4.39 Å². The second kappa shape index (κ2) is 3.13. The Morgan fingerprint density at radius 2 is 2.20 bits per heavy atom. The molecule has 1 atom stereocenters. The molecule has 0 amide bonds. The fourth-order valence-corrected chi connectivity index (χ4v) is 0.861. The smallest absolute Gasteiger partial charge is 0.207 e. The van der Waals surface area contributed by atoms with Gasteiger partial charge >= 0.3 is 0 Å². The third-order valence-electron chi connectivity index (χ3n) is 1.42. The van der Waals surface area contributed by atoms with Gasteiger partial charge in [0.25, 0.3) is 5.79 Å². The highest BCUT2D eigenvalue weighted by Gasteiger charge is 2.42. The molecule has 1 aliphatic rings. The van der Waals surface area contributed by atoms with Gasteiger partial charge in [0.05, 0.1) is 0 Å². The summed E-state index contributed by atoms with van der Waals surface area (Å²) >= 11 is 0. The lowest BCUT2D eigenvalue weighted by Gasteiger charge is -2.13. The zero-order valence-corrected chi connectivity index (χ0v) is 6.00. The Morgan fingerprint density at radius 1 is 1.60 bits per heavy atom. The van der Waals surface area contributed by atoms with Crippen LogP contribution in [0.3, 0.4) is 0 Å². The van der Waals surface area contributed by atoms with E-state index in [1.54, 1.807) is 0 Å². The second-order valence-corrected chi connectivity index (χ2v) is 2.06. The summed E-state index contributed by atoms with van der Waals surface area (Å²) < 4.78 is 24.8. The Hall–Kier alpha value is -0.400. The average molecular weight is 169 g/mol. The molecule has 1 saturated heterocycles. The third-order valence-corrected chi connectivity index (χ3v) is 1.42. The molecule has 0 aromatic carbocycles. The lowest BCUT2D eigenvalue weighted by Crippen LogP contribution is -2.31. The Kier molecular flexibility index (Phi) is 3.00. The van der Waals surface area contributed by atoms with E-state index in [1.807, 2.05) is 0 Å². The van der Waals surface area contributed by atoms with Crippen LogP contribution in [-0.2, 0) is 0 Å². The second-order valence-electron chi connectivity index (χ2n) is 2.06. The summed E-state index contributed by atoms with van der Waals surface area (Å²) in [5, 5.41) is 8.04. The van der Waals surface area contributed by atoms with Crippen molar-refractivity contribution in [1.82, 2.24) is 5.12 Å². The van der Waals surface area contributed by atoms with E-state index in [0.29, 0.717) is 6.42 Å². The average Bonchev–Trinajstić information content (AvgIpc) is 2.15. The fraction of sp³-hybridized carbons (Fsp3) is 0.800.